The van der Waals surface area contributed by atoms with Gasteiger partial charge in [-0.2, -0.15) is 13.2 Å². The van der Waals surface area contributed by atoms with Gasteiger partial charge in [-0.3, -0.25) is 0 Å². The SMILES string of the molecule is NCC=CCOc1ccccc1C(F)(F)F. The molecule has 0 atom stereocenters. The number of rotatable bonds is 4. The van der Waals surface area contributed by atoms with Crippen LogP contribution in [0.1, 0.15) is 5.56 Å². The van der Waals surface area contributed by atoms with Gasteiger partial charge in [0, 0.05) is 6.54 Å². The third-order valence-corrected chi connectivity index (χ3v) is 1.83. The Bertz CT molecular complexity index is 360. The molecule has 1 aromatic rings. The van der Waals surface area contributed by atoms with Gasteiger partial charge in [0.2, 0.25) is 0 Å². The summed E-state index contributed by atoms with van der Waals surface area (Å²) < 4.78 is 42.5. The molecule has 16 heavy (non-hydrogen) atoms. The highest BCUT2D eigenvalue weighted by Gasteiger charge is 2.33. The van der Waals surface area contributed by atoms with Crippen molar-refractivity contribution in [1.82, 2.24) is 0 Å². The fourth-order valence-electron chi connectivity index (χ4n) is 1.13. The van der Waals surface area contributed by atoms with Crippen LogP contribution in [0.25, 0.3) is 0 Å². The van der Waals surface area contributed by atoms with E-state index in [1.807, 2.05) is 0 Å². The largest absolute Gasteiger partial charge is 0.489 e. The second-order valence-corrected chi connectivity index (χ2v) is 3.01. The maximum atomic E-state index is 12.5. The van der Waals surface area contributed by atoms with Crippen molar-refractivity contribution in [3.8, 4) is 5.75 Å². The molecule has 5 heteroatoms. The molecule has 0 aromatic heterocycles. The molecule has 2 nitrogen and oxygen atoms in total. The standard InChI is InChI=1S/C11H12F3NO/c12-11(13,14)9-5-1-2-6-10(9)16-8-4-3-7-15/h1-6H,7-8,15H2. The molecule has 0 saturated carbocycles. The Labute approximate surface area is 91.5 Å². The molecule has 2 N–H and O–H groups in total. The van der Waals surface area contributed by atoms with Crippen LogP contribution >= 0.6 is 0 Å². The normalized spacial score (nSPS) is 12.0. The number of para-hydroxylation sites is 1. The van der Waals surface area contributed by atoms with Gasteiger partial charge in [-0.05, 0) is 12.1 Å². The van der Waals surface area contributed by atoms with Crippen LogP contribution in [0.5, 0.6) is 5.75 Å². The van der Waals surface area contributed by atoms with Gasteiger partial charge in [0.15, 0.2) is 0 Å². The minimum atomic E-state index is -4.39. The molecule has 1 aromatic carbocycles. The van der Waals surface area contributed by atoms with Crippen molar-refractivity contribution >= 4 is 0 Å². The fourth-order valence-corrected chi connectivity index (χ4v) is 1.13. The van der Waals surface area contributed by atoms with E-state index >= 15 is 0 Å². The van der Waals surface area contributed by atoms with E-state index in [4.69, 9.17) is 10.5 Å². The fraction of sp³-hybridized carbons (Fsp3) is 0.273. The lowest BCUT2D eigenvalue weighted by Gasteiger charge is -2.12. The van der Waals surface area contributed by atoms with Crippen molar-refractivity contribution in [2.24, 2.45) is 5.73 Å². The summed E-state index contributed by atoms with van der Waals surface area (Å²) in [5, 5.41) is 0. The Kier molecular flexibility index (Phi) is 4.37. The third kappa shape index (κ3) is 3.58. The molecule has 0 unspecified atom stereocenters. The molecule has 0 aliphatic heterocycles. The van der Waals surface area contributed by atoms with Crippen LogP contribution in [0, 0.1) is 0 Å². The molecule has 0 radical (unpaired) electrons. The summed E-state index contributed by atoms with van der Waals surface area (Å²) in [6.07, 6.45) is -1.20. The van der Waals surface area contributed by atoms with Crippen molar-refractivity contribution in [3.63, 3.8) is 0 Å². The minimum absolute atomic E-state index is 0.0737. The van der Waals surface area contributed by atoms with Crippen LogP contribution in [-0.2, 0) is 6.18 Å². The average molecular weight is 231 g/mol. The summed E-state index contributed by atoms with van der Waals surface area (Å²) in [5.41, 5.74) is 4.42. The Morgan fingerprint density at radius 2 is 1.88 bits per heavy atom. The number of hydrogen-bond donors (Lipinski definition) is 1. The van der Waals surface area contributed by atoms with E-state index in [1.54, 1.807) is 12.2 Å². The van der Waals surface area contributed by atoms with E-state index in [2.05, 4.69) is 0 Å². The maximum Gasteiger partial charge on any atom is 0.419 e. The zero-order valence-corrected chi connectivity index (χ0v) is 8.50. The van der Waals surface area contributed by atoms with Crippen molar-refractivity contribution in [1.29, 1.82) is 0 Å². The van der Waals surface area contributed by atoms with E-state index in [0.717, 1.165) is 6.07 Å². The first-order valence-electron chi connectivity index (χ1n) is 4.70. The summed E-state index contributed by atoms with van der Waals surface area (Å²) >= 11 is 0. The second-order valence-electron chi connectivity index (χ2n) is 3.01. The second kappa shape index (κ2) is 5.55. The monoisotopic (exact) mass is 231 g/mol. The molecule has 1 rings (SSSR count). The summed E-state index contributed by atoms with van der Waals surface area (Å²) in [4.78, 5) is 0. The molecule has 0 bridgehead atoms. The van der Waals surface area contributed by atoms with Gasteiger partial charge in [-0.25, -0.2) is 0 Å². The van der Waals surface area contributed by atoms with Gasteiger partial charge in [0.25, 0.3) is 0 Å². The maximum absolute atomic E-state index is 12.5. The van der Waals surface area contributed by atoms with E-state index in [1.165, 1.54) is 18.2 Å². The first-order chi connectivity index (χ1) is 7.55. The summed E-state index contributed by atoms with van der Waals surface area (Å²) in [6, 6.07) is 5.10. The summed E-state index contributed by atoms with van der Waals surface area (Å²) in [6.45, 7) is 0.411. The number of nitrogens with two attached hydrogens (primary N) is 1. The lowest BCUT2D eigenvalue weighted by atomic mass is 10.2. The van der Waals surface area contributed by atoms with E-state index in [9.17, 15) is 13.2 Å². The Morgan fingerprint density at radius 3 is 2.50 bits per heavy atom. The van der Waals surface area contributed by atoms with Crippen LogP contribution in [0.2, 0.25) is 0 Å². The van der Waals surface area contributed by atoms with E-state index in [0.29, 0.717) is 6.54 Å². The highest BCUT2D eigenvalue weighted by atomic mass is 19.4. The van der Waals surface area contributed by atoms with Crippen molar-refractivity contribution in [2.75, 3.05) is 13.2 Å². The van der Waals surface area contributed by atoms with Gasteiger partial charge in [-0.15, -0.1) is 0 Å². The average Bonchev–Trinajstić information content (AvgIpc) is 2.24. The number of halogens is 3. The van der Waals surface area contributed by atoms with Crippen LogP contribution < -0.4 is 10.5 Å². The Morgan fingerprint density at radius 1 is 1.19 bits per heavy atom. The summed E-state index contributed by atoms with van der Waals surface area (Å²) in [7, 11) is 0. The zero-order chi connectivity index (χ0) is 12.0. The molecule has 88 valence electrons. The number of hydrogen-bond acceptors (Lipinski definition) is 2. The highest BCUT2D eigenvalue weighted by Crippen LogP contribution is 2.35. The van der Waals surface area contributed by atoms with Crippen LogP contribution in [0.3, 0.4) is 0 Å². The third-order valence-electron chi connectivity index (χ3n) is 1.83. The lowest BCUT2D eigenvalue weighted by molar-refractivity contribution is -0.138. The van der Waals surface area contributed by atoms with Crippen molar-refractivity contribution < 1.29 is 17.9 Å². The lowest BCUT2D eigenvalue weighted by Crippen LogP contribution is -2.08. The predicted octanol–water partition coefficient (Wildman–Crippen LogP) is 2.60. The Hall–Kier alpha value is -1.49. The zero-order valence-electron chi connectivity index (χ0n) is 8.50. The molecule has 0 fully saturated rings. The van der Waals surface area contributed by atoms with Gasteiger partial charge < -0.3 is 10.5 Å². The van der Waals surface area contributed by atoms with E-state index < -0.39 is 11.7 Å². The summed E-state index contributed by atoms with van der Waals surface area (Å²) in [5.74, 6) is -0.170. The minimum Gasteiger partial charge on any atom is -0.489 e. The molecular formula is C11H12F3NO. The molecule has 0 amide bonds. The number of alkyl halides is 3. The van der Waals surface area contributed by atoms with E-state index in [-0.39, 0.29) is 12.4 Å². The smallest absolute Gasteiger partial charge is 0.419 e. The quantitative estimate of drug-likeness (QED) is 0.808. The molecule has 0 aliphatic rings. The van der Waals surface area contributed by atoms with Crippen LogP contribution in [0.4, 0.5) is 13.2 Å². The van der Waals surface area contributed by atoms with Crippen molar-refractivity contribution in [3.05, 3.63) is 42.0 Å². The first-order valence-corrected chi connectivity index (χ1v) is 4.70. The van der Waals surface area contributed by atoms with Crippen molar-refractivity contribution in [2.45, 2.75) is 6.18 Å². The van der Waals surface area contributed by atoms with Gasteiger partial charge in [-0.1, -0.05) is 24.3 Å². The molecule has 0 saturated heterocycles. The molecule has 0 heterocycles. The van der Waals surface area contributed by atoms with Crippen LogP contribution in [0.15, 0.2) is 36.4 Å². The van der Waals surface area contributed by atoms with Crippen LogP contribution in [-0.4, -0.2) is 13.2 Å². The molecular weight excluding hydrogens is 219 g/mol. The predicted molar refractivity (Wildman–Crippen MR) is 55.1 cm³/mol. The van der Waals surface area contributed by atoms with Gasteiger partial charge in [0.05, 0.1) is 5.56 Å². The highest BCUT2D eigenvalue weighted by molar-refractivity contribution is 5.35. The Balaban J connectivity index is 2.76. The number of benzene rings is 1. The van der Waals surface area contributed by atoms with Gasteiger partial charge >= 0.3 is 6.18 Å². The molecule has 0 spiro atoms. The first kappa shape index (κ1) is 12.6. The molecule has 0 aliphatic carbocycles. The number of ether oxygens (including phenoxy) is 1. The van der Waals surface area contributed by atoms with Gasteiger partial charge in [0.1, 0.15) is 12.4 Å². The topological polar surface area (TPSA) is 35.2 Å².